The van der Waals surface area contributed by atoms with Crippen molar-refractivity contribution in [2.24, 2.45) is 11.8 Å². The van der Waals surface area contributed by atoms with Crippen LogP contribution in [0.2, 0.25) is 0 Å². The second-order valence-corrected chi connectivity index (χ2v) is 6.22. The number of carbonyl (C=O) groups is 1. The van der Waals surface area contributed by atoms with Gasteiger partial charge in [-0.05, 0) is 55.4 Å². The maximum Gasteiger partial charge on any atom is 0.165 e. The van der Waals surface area contributed by atoms with Gasteiger partial charge in [0.15, 0.2) is 5.78 Å². The number of nitrogens with one attached hydrogen (secondary N) is 1. The van der Waals surface area contributed by atoms with Crippen molar-refractivity contribution < 1.29 is 4.79 Å². The van der Waals surface area contributed by atoms with Gasteiger partial charge in [-0.3, -0.25) is 4.79 Å². The number of anilines is 1. The number of benzene rings is 1. The molecular weight excluding hydrogens is 234 g/mol. The van der Waals surface area contributed by atoms with E-state index in [-0.39, 0.29) is 5.92 Å². The lowest BCUT2D eigenvalue weighted by molar-refractivity contribution is 0.0875. The lowest BCUT2D eigenvalue weighted by Gasteiger charge is -2.25. The van der Waals surface area contributed by atoms with Crippen LogP contribution in [0.5, 0.6) is 0 Å². The van der Waals surface area contributed by atoms with Gasteiger partial charge in [0.2, 0.25) is 0 Å². The van der Waals surface area contributed by atoms with Crippen molar-refractivity contribution in [2.45, 2.75) is 45.4 Å². The Morgan fingerprint density at radius 1 is 1.21 bits per heavy atom. The van der Waals surface area contributed by atoms with Crippen molar-refractivity contribution in [3.63, 3.8) is 0 Å². The highest BCUT2D eigenvalue weighted by atomic mass is 16.1. The van der Waals surface area contributed by atoms with Crippen LogP contribution in [-0.2, 0) is 6.42 Å². The summed E-state index contributed by atoms with van der Waals surface area (Å²) >= 11 is 0. The Morgan fingerprint density at radius 2 is 2.00 bits per heavy atom. The van der Waals surface area contributed by atoms with E-state index in [9.17, 15) is 4.79 Å². The summed E-state index contributed by atoms with van der Waals surface area (Å²) in [7, 11) is 0. The predicted octanol–water partition coefficient (Wildman–Crippen LogP) is 4.05. The minimum Gasteiger partial charge on any atom is -0.385 e. The molecule has 2 heteroatoms. The number of aryl methyl sites for hydroxylation is 1. The zero-order chi connectivity index (χ0) is 13.2. The van der Waals surface area contributed by atoms with Gasteiger partial charge in [-0.25, -0.2) is 0 Å². The second kappa shape index (κ2) is 5.36. The zero-order valence-electron chi connectivity index (χ0n) is 11.7. The van der Waals surface area contributed by atoms with Gasteiger partial charge in [-0.15, -0.1) is 0 Å². The number of rotatable bonds is 2. The van der Waals surface area contributed by atoms with Crippen LogP contribution >= 0.6 is 0 Å². The molecule has 2 aliphatic rings. The minimum absolute atomic E-state index is 0.269. The molecule has 19 heavy (non-hydrogen) atoms. The molecule has 0 amide bonds. The molecule has 0 bridgehead atoms. The molecule has 0 saturated heterocycles. The fourth-order valence-corrected chi connectivity index (χ4v) is 3.39. The molecule has 102 valence electrons. The first kappa shape index (κ1) is 12.7. The van der Waals surface area contributed by atoms with Crippen molar-refractivity contribution in [3.05, 3.63) is 29.3 Å². The van der Waals surface area contributed by atoms with Crippen LogP contribution < -0.4 is 5.32 Å². The SMILES string of the molecule is CC1CCC(C(=O)c2ccc3c(c2)CCCN3)CC1. The third kappa shape index (κ3) is 2.68. The van der Waals surface area contributed by atoms with E-state index in [0.29, 0.717) is 5.78 Å². The zero-order valence-corrected chi connectivity index (χ0v) is 11.7. The second-order valence-electron chi connectivity index (χ2n) is 6.22. The summed E-state index contributed by atoms with van der Waals surface area (Å²) in [4.78, 5) is 12.6. The molecule has 1 N–H and O–H groups in total. The van der Waals surface area contributed by atoms with Crippen LogP contribution in [0.1, 0.15) is 54.9 Å². The van der Waals surface area contributed by atoms with E-state index in [0.717, 1.165) is 37.3 Å². The molecule has 0 unspecified atom stereocenters. The fraction of sp³-hybridized carbons (Fsp3) is 0.588. The van der Waals surface area contributed by atoms with E-state index < -0.39 is 0 Å². The largest absolute Gasteiger partial charge is 0.385 e. The molecule has 2 nitrogen and oxygen atoms in total. The Labute approximate surface area is 115 Å². The first-order valence-corrected chi connectivity index (χ1v) is 7.65. The Hall–Kier alpha value is -1.31. The number of carbonyl (C=O) groups excluding carboxylic acids is 1. The van der Waals surface area contributed by atoms with E-state index in [1.165, 1.54) is 30.5 Å². The van der Waals surface area contributed by atoms with Gasteiger partial charge in [-0.1, -0.05) is 19.8 Å². The number of Topliss-reactive ketones (excluding diaryl/α,β-unsaturated/α-hetero) is 1. The molecule has 1 aromatic carbocycles. The number of ketones is 1. The highest BCUT2D eigenvalue weighted by Crippen LogP contribution is 2.32. The monoisotopic (exact) mass is 257 g/mol. The van der Waals surface area contributed by atoms with Gasteiger partial charge in [0.25, 0.3) is 0 Å². The third-order valence-corrected chi connectivity index (χ3v) is 4.71. The molecule has 3 rings (SSSR count). The predicted molar refractivity (Wildman–Crippen MR) is 78.7 cm³/mol. The quantitative estimate of drug-likeness (QED) is 0.810. The fourth-order valence-electron chi connectivity index (χ4n) is 3.39. The molecule has 1 fully saturated rings. The molecule has 1 heterocycles. The summed E-state index contributed by atoms with van der Waals surface area (Å²) in [6.07, 6.45) is 6.85. The van der Waals surface area contributed by atoms with Gasteiger partial charge in [0, 0.05) is 23.7 Å². The lowest BCUT2D eigenvalue weighted by atomic mass is 9.79. The van der Waals surface area contributed by atoms with Crippen LogP contribution in [-0.4, -0.2) is 12.3 Å². The molecule has 1 aliphatic heterocycles. The Kier molecular flexibility index (Phi) is 3.58. The summed E-state index contributed by atoms with van der Waals surface area (Å²) in [5.41, 5.74) is 3.48. The van der Waals surface area contributed by atoms with Crippen molar-refractivity contribution in [1.29, 1.82) is 0 Å². The van der Waals surface area contributed by atoms with E-state index >= 15 is 0 Å². The maximum atomic E-state index is 12.6. The molecule has 0 aromatic heterocycles. The summed E-state index contributed by atoms with van der Waals surface area (Å²) in [5.74, 6) is 1.45. The topological polar surface area (TPSA) is 29.1 Å². The van der Waals surface area contributed by atoms with Crippen molar-refractivity contribution in [3.8, 4) is 0 Å². The van der Waals surface area contributed by atoms with E-state index in [1.54, 1.807) is 0 Å². The first-order chi connectivity index (χ1) is 9.24. The highest BCUT2D eigenvalue weighted by Gasteiger charge is 2.25. The molecule has 1 saturated carbocycles. The van der Waals surface area contributed by atoms with Crippen LogP contribution in [0.15, 0.2) is 18.2 Å². The molecule has 0 atom stereocenters. The van der Waals surface area contributed by atoms with Gasteiger partial charge in [-0.2, -0.15) is 0 Å². The maximum absolute atomic E-state index is 12.6. The summed E-state index contributed by atoms with van der Waals surface area (Å²) in [5, 5.41) is 3.40. The molecular formula is C17H23NO. The minimum atomic E-state index is 0.269. The van der Waals surface area contributed by atoms with E-state index in [2.05, 4.69) is 24.4 Å². The third-order valence-electron chi connectivity index (χ3n) is 4.71. The van der Waals surface area contributed by atoms with Crippen LogP contribution in [0.4, 0.5) is 5.69 Å². The van der Waals surface area contributed by atoms with Crippen LogP contribution in [0.3, 0.4) is 0 Å². The van der Waals surface area contributed by atoms with Crippen molar-refractivity contribution in [2.75, 3.05) is 11.9 Å². The average Bonchev–Trinajstić information content (AvgIpc) is 2.47. The summed E-state index contributed by atoms with van der Waals surface area (Å²) in [6.45, 7) is 3.35. The van der Waals surface area contributed by atoms with Gasteiger partial charge in [0.1, 0.15) is 0 Å². The Balaban J connectivity index is 1.76. The standard InChI is InChI=1S/C17H23NO/c1-12-4-6-13(7-5-12)17(19)15-8-9-16-14(11-15)3-2-10-18-16/h8-9,11-13,18H,2-7,10H2,1H3. The highest BCUT2D eigenvalue weighted by molar-refractivity contribution is 5.98. The molecule has 0 spiro atoms. The van der Waals surface area contributed by atoms with E-state index in [4.69, 9.17) is 0 Å². The lowest BCUT2D eigenvalue weighted by Crippen LogP contribution is -2.21. The van der Waals surface area contributed by atoms with Gasteiger partial charge < -0.3 is 5.32 Å². The average molecular weight is 257 g/mol. The summed E-state index contributed by atoms with van der Waals surface area (Å²) < 4.78 is 0. The first-order valence-electron chi connectivity index (χ1n) is 7.65. The molecule has 0 radical (unpaired) electrons. The number of fused-ring (bicyclic) bond motifs is 1. The molecule has 1 aliphatic carbocycles. The smallest absolute Gasteiger partial charge is 0.165 e. The van der Waals surface area contributed by atoms with Gasteiger partial charge in [0.05, 0.1) is 0 Å². The number of hydrogen-bond acceptors (Lipinski definition) is 2. The Bertz CT molecular complexity index is 472. The molecule has 1 aromatic rings. The van der Waals surface area contributed by atoms with E-state index in [1.807, 2.05) is 6.07 Å². The van der Waals surface area contributed by atoms with Crippen molar-refractivity contribution >= 4 is 11.5 Å². The van der Waals surface area contributed by atoms with Crippen molar-refractivity contribution in [1.82, 2.24) is 0 Å². The van der Waals surface area contributed by atoms with Gasteiger partial charge >= 0.3 is 0 Å². The number of hydrogen-bond donors (Lipinski definition) is 1. The van der Waals surface area contributed by atoms with Crippen LogP contribution in [0.25, 0.3) is 0 Å². The van der Waals surface area contributed by atoms with Crippen LogP contribution in [0, 0.1) is 11.8 Å². The summed E-state index contributed by atoms with van der Waals surface area (Å²) in [6, 6.07) is 6.23. The Morgan fingerprint density at radius 3 is 2.79 bits per heavy atom. The normalized spacial score (nSPS) is 26.4.